The van der Waals surface area contributed by atoms with Crippen molar-refractivity contribution in [2.75, 3.05) is 13.1 Å². The van der Waals surface area contributed by atoms with Crippen molar-refractivity contribution in [3.63, 3.8) is 0 Å². The van der Waals surface area contributed by atoms with E-state index in [0.29, 0.717) is 18.8 Å². The number of fused-ring (bicyclic) bond motifs is 1. The molecule has 0 radical (unpaired) electrons. The number of nitrogens with one attached hydrogen (secondary N) is 1. The van der Waals surface area contributed by atoms with Crippen molar-refractivity contribution >= 4 is 24.4 Å². The second kappa shape index (κ2) is 6.10. The van der Waals surface area contributed by atoms with E-state index in [1.165, 1.54) is 0 Å². The summed E-state index contributed by atoms with van der Waals surface area (Å²) in [6.45, 7) is 1.51. The van der Waals surface area contributed by atoms with E-state index < -0.39 is 0 Å². The first kappa shape index (κ1) is 14.4. The molecule has 2 amide bonds. The van der Waals surface area contributed by atoms with Crippen LogP contribution in [0, 0.1) is 5.92 Å². The summed E-state index contributed by atoms with van der Waals surface area (Å²) in [6, 6.07) is 7.99. The highest BCUT2D eigenvalue weighted by atomic mass is 32.1. The van der Waals surface area contributed by atoms with Crippen LogP contribution in [-0.4, -0.2) is 35.8 Å². The van der Waals surface area contributed by atoms with E-state index in [4.69, 9.17) is 0 Å². The predicted octanol–water partition coefficient (Wildman–Crippen LogP) is 1.64. The first-order valence-corrected chi connectivity index (χ1v) is 7.91. The van der Waals surface area contributed by atoms with Crippen molar-refractivity contribution in [3.8, 4) is 0 Å². The summed E-state index contributed by atoms with van der Waals surface area (Å²) < 4.78 is 0. The van der Waals surface area contributed by atoms with Crippen LogP contribution in [0.15, 0.2) is 29.2 Å². The molecule has 0 saturated carbocycles. The van der Waals surface area contributed by atoms with Gasteiger partial charge < -0.3 is 10.2 Å². The van der Waals surface area contributed by atoms with E-state index in [-0.39, 0.29) is 17.9 Å². The highest BCUT2D eigenvalue weighted by Crippen LogP contribution is 2.25. The third-order valence-electron chi connectivity index (χ3n) is 4.47. The molecule has 5 heteroatoms. The van der Waals surface area contributed by atoms with Gasteiger partial charge in [-0.25, -0.2) is 0 Å². The second-order valence-corrected chi connectivity index (χ2v) is 6.46. The van der Waals surface area contributed by atoms with Gasteiger partial charge in [0.15, 0.2) is 0 Å². The zero-order valence-electron chi connectivity index (χ0n) is 11.9. The number of amides is 2. The number of likely N-dealkylation sites (tertiary alicyclic amines) is 1. The number of hydrogen-bond donors (Lipinski definition) is 2. The third kappa shape index (κ3) is 3.40. The van der Waals surface area contributed by atoms with Crippen LogP contribution in [0.4, 0.5) is 0 Å². The average molecular weight is 304 g/mol. The topological polar surface area (TPSA) is 49.4 Å². The summed E-state index contributed by atoms with van der Waals surface area (Å²) in [5.41, 5.74) is 1.02. The third-order valence-corrected chi connectivity index (χ3v) is 4.77. The lowest BCUT2D eigenvalue weighted by Crippen LogP contribution is -2.55. The predicted molar refractivity (Wildman–Crippen MR) is 83.2 cm³/mol. The van der Waals surface area contributed by atoms with Gasteiger partial charge in [0.1, 0.15) is 0 Å². The minimum Gasteiger partial charge on any atom is -0.353 e. The monoisotopic (exact) mass is 304 g/mol. The zero-order chi connectivity index (χ0) is 14.8. The van der Waals surface area contributed by atoms with Gasteiger partial charge in [0, 0.05) is 30.4 Å². The molecule has 0 aliphatic carbocycles. The SMILES string of the molecule is O=C1CCC2CN(C(=O)Cc3ccc(S)cc3)CCC2N1. The maximum atomic E-state index is 12.4. The summed E-state index contributed by atoms with van der Waals surface area (Å²) in [5, 5.41) is 3.05. The maximum absolute atomic E-state index is 12.4. The first-order chi connectivity index (χ1) is 10.1. The smallest absolute Gasteiger partial charge is 0.227 e. The second-order valence-electron chi connectivity index (χ2n) is 5.94. The Kier molecular flexibility index (Phi) is 4.19. The molecule has 0 bridgehead atoms. The number of thiol groups is 1. The fourth-order valence-electron chi connectivity index (χ4n) is 3.24. The zero-order valence-corrected chi connectivity index (χ0v) is 12.8. The molecule has 4 nitrogen and oxygen atoms in total. The van der Waals surface area contributed by atoms with Gasteiger partial charge in [0.2, 0.25) is 11.8 Å². The average Bonchev–Trinajstić information content (AvgIpc) is 2.49. The van der Waals surface area contributed by atoms with Gasteiger partial charge in [0.05, 0.1) is 6.42 Å². The van der Waals surface area contributed by atoms with E-state index >= 15 is 0 Å². The number of nitrogens with zero attached hydrogens (tertiary/aromatic N) is 1. The Morgan fingerprint density at radius 1 is 1.29 bits per heavy atom. The first-order valence-electron chi connectivity index (χ1n) is 7.47. The molecule has 3 rings (SSSR count). The van der Waals surface area contributed by atoms with Gasteiger partial charge in [0.25, 0.3) is 0 Å². The van der Waals surface area contributed by atoms with Crippen LogP contribution in [-0.2, 0) is 16.0 Å². The Balaban J connectivity index is 1.58. The number of benzene rings is 1. The fraction of sp³-hybridized carbons (Fsp3) is 0.500. The van der Waals surface area contributed by atoms with Crippen molar-refractivity contribution < 1.29 is 9.59 Å². The van der Waals surface area contributed by atoms with E-state index in [1.54, 1.807) is 0 Å². The Hall–Kier alpha value is -1.49. The summed E-state index contributed by atoms with van der Waals surface area (Å²) in [5.74, 6) is 0.750. The van der Waals surface area contributed by atoms with Gasteiger partial charge in [-0.15, -0.1) is 12.6 Å². The van der Waals surface area contributed by atoms with Gasteiger partial charge in [-0.3, -0.25) is 9.59 Å². The Morgan fingerprint density at radius 3 is 2.81 bits per heavy atom. The maximum Gasteiger partial charge on any atom is 0.227 e. The van der Waals surface area contributed by atoms with E-state index in [9.17, 15) is 9.59 Å². The number of carbonyl (C=O) groups excluding carboxylic acids is 2. The summed E-state index contributed by atoms with van der Waals surface area (Å²) in [7, 11) is 0. The molecule has 1 aromatic carbocycles. The molecule has 2 atom stereocenters. The number of piperidine rings is 2. The van der Waals surface area contributed by atoms with Gasteiger partial charge in [-0.05, 0) is 36.5 Å². The minimum atomic E-state index is 0.155. The van der Waals surface area contributed by atoms with Gasteiger partial charge >= 0.3 is 0 Å². The molecule has 2 aliphatic heterocycles. The van der Waals surface area contributed by atoms with Crippen molar-refractivity contribution in [2.24, 2.45) is 5.92 Å². The van der Waals surface area contributed by atoms with Crippen LogP contribution >= 0.6 is 12.6 Å². The molecule has 1 N–H and O–H groups in total. The number of rotatable bonds is 2. The lowest BCUT2D eigenvalue weighted by Gasteiger charge is -2.41. The molecule has 0 aromatic heterocycles. The van der Waals surface area contributed by atoms with E-state index in [2.05, 4.69) is 17.9 Å². The van der Waals surface area contributed by atoms with Crippen molar-refractivity contribution in [3.05, 3.63) is 29.8 Å². The van der Waals surface area contributed by atoms with Crippen LogP contribution in [0.1, 0.15) is 24.8 Å². The molecule has 2 unspecified atom stereocenters. The molecule has 2 aliphatic rings. The Morgan fingerprint density at radius 2 is 2.05 bits per heavy atom. The highest BCUT2D eigenvalue weighted by molar-refractivity contribution is 7.80. The number of hydrogen-bond acceptors (Lipinski definition) is 3. The molecular formula is C16H20N2O2S. The molecule has 2 heterocycles. The molecule has 2 saturated heterocycles. The van der Waals surface area contributed by atoms with Crippen molar-refractivity contribution in [1.82, 2.24) is 10.2 Å². The highest BCUT2D eigenvalue weighted by Gasteiger charge is 2.35. The molecule has 2 fully saturated rings. The Bertz CT molecular complexity index is 544. The molecule has 21 heavy (non-hydrogen) atoms. The normalized spacial score (nSPS) is 25.2. The van der Waals surface area contributed by atoms with Crippen molar-refractivity contribution in [1.29, 1.82) is 0 Å². The van der Waals surface area contributed by atoms with Crippen LogP contribution in [0.3, 0.4) is 0 Å². The molecular weight excluding hydrogens is 284 g/mol. The fourth-order valence-corrected chi connectivity index (χ4v) is 3.39. The lowest BCUT2D eigenvalue weighted by atomic mass is 9.85. The Labute approximate surface area is 130 Å². The number of carbonyl (C=O) groups is 2. The van der Waals surface area contributed by atoms with E-state index in [0.717, 1.165) is 36.4 Å². The largest absolute Gasteiger partial charge is 0.353 e. The van der Waals surface area contributed by atoms with Gasteiger partial charge in [-0.2, -0.15) is 0 Å². The molecule has 112 valence electrons. The van der Waals surface area contributed by atoms with Crippen molar-refractivity contribution in [2.45, 2.75) is 36.6 Å². The summed E-state index contributed by atoms with van der Waals surface area (Å²) >= 11 is 4.25. The minimum absolute atomic E-state index is 0.155. The quantitative estimate of drug-likeness (QED) is 0.816. The van der Waals surface area contributed by atoms with Crippen LogP contribution in [0.2, 0.25) is 0 Å². The van der Waals surface area contributed by atoms with Gasteiger partial charge in [-0.1, -0.05) is 12.1 Å². The lowest BCUT2D eigenvalue weighted by molar-refractivity contribution is -0.134. The van der Waals surface area contributed by atoms with Crippen LogP contribution in [0.25, 0.3) is 0 Å². The van der Waals surface area contributed by atoms with Crippen LogP contribution < -0.4 is 5.32 Å². The molecule has 1 aromatic rings. The summed E-state index contributed by atoms with van der Waals surface area (Å²) in [6.07, 6.45) is 2.80. The molecule has 0 spiro atoms. The van der Waals surface area contributed by atoms with Crippen LogP contribution in [0.5, 0.6) is 0 Å². The summed E-state index contributed by atoms with van der Waals surface area (Å²) in [4.78, 5) is 26.7. The van der Waals surface area contributed by atoms with E-state index in [1.807, 2.05) is 29.2 Å². The standard InChI is InChI=1S/C16H20N2O2S/c19-15-6-3-12-10-18(8-7-14(12)17-15)16(20)9-11-1-4-13(21)5-2-11/h1-2,4-5,12,14,21H,3,6-10H2,(H,17,19).